The number of rotatable bonds is 5. The summed E-state index contributed by atoms with van der Waals surface area (Å²) in [6.45, 7) is 0.746. The number of hydrogen-bond donors (Lipinski definition) is 1. The van der Waals surface area contributed by atoms with Gasteiger partial charge in [0.25, 0.3) is 0 Å². The predicted octanol–water partition coefficient (Wildman–Crippen LogP) is 5.61. The Morgan fingerprint density at radius 3 is 2.34 bits per heavy atom. The van der Waals surface area contributed by atoms with Gasteiger partial charge in [-0.1, -0.05) is 67.4 Å². The Morgan fingerprint density at radius 1 is 0.875 bits per heavy atom. The van der Waals surface area contributed by atoms with Crippen LogP contribution in [0.1, 0.15) is 36.8 Å². The van der Waals surface area contributed by atoms with Crippen LogP contribution in [0.15, 0.2) is 72.8 Å². The molecule has 162 valence electrons. The smallest absolute Gasteiger partial charge is 0.230 e. The average molecular weight is 425 g/mol. The van der Waals surface area contributed by atoms with Gasteiger partial charge in [0, 0.05) is 23.8 Å². The van der Waals surface area contributed by atoms with E-state index in [2.05, 4.69) is 29.6 Å². The lowest BCUT2D eigenvalue weighted by Crippen LogP contribution is -2.33. The summed E-state index contributed by atoms with van der Waals surface area (Å²) in [5.41, 5.74) is 6.24. The van der Waals surface area contributed by atoms with Crippen molar-refractivity contribution in [2.75, 3.05) is 16.8 Å². The topological polar surface area (TPSA) is 49.4 Å². The van der Waals surface area contributed by atoms with Crippen LogP contribution in [0.25, 0.3) is 11.1 Å². The number of benzene rings is 3. The Balaban J connectivity index is 1.21. The molecule has 32 heavy (non-hydrogen) atoms. The SMILES string of the molecule is O=C(Cc1ccc(-c2ccccc2)cc1)Nc1ccc2c(c1)CCN2C(=O)C1CCCC1. The Labute approximate surface area is 189 Å². The Hall–Kier alpha value is -3.40. The van der Waals surface area contributed by atoms with E-state index in [-0.39, 0.29) is 17.7 Å². The highest BCUT2D eigenvalue weighted by Gasteiger charge is 2.31. The van der Waals surface area contributed by atoms with Crippen LogP contribution in [-0.4, -0.2) is 18.4 Å². The van der Waals surface area contributed by atoms with Crippen molar-refractivity contribution >= 4 is 23.2 Å². The molecule has 1 fully saturated rings. The van der Waals surface area contributed by atoms with E-state index in [1.54, 1.807) is 0 Å². The first kappa shape index (κ1) is 20.5. The third-order valence-corrected chi connectivity index (χ3v) is 6.65. The van der Waals surface area contributed by atoms with Crippen molar-refractivity contribution in [1.82, 2.24) is 0 Å². The molecule has 2 amide bonds. The first-order valence-electron chi connectivity index (χ1n) is 11.6. The van der Waals surface area contributed by atoms with Crippen molar-refractivity contribution in [1.29, 1.82) is 0 Å². The number of fused-ring (bicyclic) bond motifs is 1. The molecule has 0 radical (unpaired) electrons. The van der Waals surface area contributed by atoms with Gasteiger partial charge in [-0.15, -0.1) is 0 Å². The largest absolute Gasteiger partial charge is 0.326 e. The second kappa shape index (κ2) is 8.99. The van der Waals surface area contributed by atoms with Gasteiger partial charge in [-0.25, -0.2) is 0 Å². The Morgan fingerprint density at radius 2 is 1.59 bits per heavy atom. The molecule has 1 saturated carbocycles. The van der Waals surface area contributed by atoms with Crippen molar-refractivity contribution in [3.63, 3.8) is 0 Å². The highest BCUT2D eigenvalue weighted by Crippen LogP contribution is 2.35. The molecule has 0 spiro atoms. The van der Waals surface area contributed by atoms with E-state index in [0.29, 0.717) is 6.42 Å². The van der Waals surface area contributed by atoms with Crippen LogP contribution < -0.4 is 10.2 Å². The minimum atomic E-state index is -0.0331. The van der Waals surface area contributed by atoms with E-state index < -0.39 is 0 Å². The zero-order valence-electron chi connectivity index (χ0n) is 18.2. The number of carbonyl (C=O) groups excluding carboxylic acids is 2. The van der Waals surface area contributed by atoms with Crippen molar-refractivity contribution in [3.8, 4) is 11.1 Å². The number of anilines is 2. The summed E-state index contributed by atoms with van der Waals surface area (Å²) in [5, 5.41) is 3.02. The van der Waals surface area contributed by atoms with Crippen molar-refractivity contribution in [2.24, 2.45) is 5.92 Å². The van der Waals surface area contributed by atoms with Gasteiger partial charge in [-0.3, -0.25) is 9.59 Å². The Bertz CT molecular complexity index is 1120. The summed E-state index contributed by atoms with van der Waals surface area (Å²) in [6, 6.07) is 24.3. The molecule has 3 aromatic carbocycles. The van der Waals surface area contributed by atoms with E-state index in [4.69, 9.17) is 0 Å². The van der Waals surface area contributed by atoms with E-state index in [1.165, 1.54) is 5.56 Å². The van der Waals surface area contributed by atoms with E-state index in [9.17, 15) is 9.59 Å². The van der Waals surface area contributed by atoms with Crippen molar-refractivity contribution in [3.05, 3.63) is 83.9 Å². The molecule has 3 aromatic rings. The minimum Gasteiger partial charge on any atom is -0.326 e. The van der Waals surface area contributed by atoms with Gasteiger partial charge in [-0.05, 0) is 59.7 Å². The van der Waals surface area contributed by atoms with Crippen molar-refractivity contribution < 1.29 is 9.59 Å². The van der Waals surface area contributed by atoms with E-state index in [0.717, 1.165) is 66.7 Å². The van der Waals surface area contributed by atoms with Crippen LogP contribution in [0.3, 0.4) is 0 Å². The number of amides is 2. The summed E-state index contributed by atoms with van der Waals surface area (Å²) in [7, 11) is 0. The van der Waals surface area contributed by atoms with Crippen LogP contribution in [0.5, 0.6) is 0 Å². The third-order valence-electron chi connectivity index (χ3n) is 6.65. The number of hydrogen-bond acceptors (Lipinski definition) is 2. The second-order valence-corrected chi connectivity index (χ2v) is 8.85. The summed E-state index contributed by atoms with van der Waals surface area (Å²) < 4.78 is 0. The molecule has 1 heterocycles. The maximum Gasteiger partial charge on any atom is 0.230 e. The van der Waals surface area contributed by atoms with Crippen LogP contribution in [0, 0.1) is 5.92 Å². The molecule has 1 aliphatic heterocycles. The molecule has 0 aromatic heterocycles. The van der Waals surface area contributed by atoms with Gasteiger partial charge in [0.2, 0.25) is 11.8 Å². The number of nitrogens with one attached hydrogen (secondary N) is 1. The molecule has 2 aliphatic rings. The first-order chi connectivity index (χ1) is 15.7. The van der Waals surface area contributed by atoms with E-state index >= 15 is 0 Å². The second-order valence-electron chi connectivity index (χ2n) is 8.85. The monoisotopic (exact) mass is 424 g/mol. The molecular formula is C28H28N2O2. The lowest BCUT2D eigenvalue weighted by atomic mass is 10.0. The summed E-state index contributed by atoms with van der Waals surface area (Å²) >= 11 is 0. The molecule has 1 N–H and O–H groups in total. The minimum absolute atomic E-state index is 0.0331. The zero-order chi connectivity index (χ0) is 21.9. The van der Waals surface area contributed by atoms with Gasteiger partial charge >= 0.3 is 0 Å². The Kier molecular flexibility index (Phi) is 5.76. The molecule has 4 nitrogen and oxygen atoms in total. The van der Waals surface area contributed by atoms with Gasteiger partial charge in [-0.2, -0.15) is 0 Å². The average Bonchev–Trinajstić information content (AvgIpc) is 3.50. The molecule has 4 heteroatoms. The molecule has 0 atom stereocenters. The molecule has 0 unspecified atom stereocenters. The maximum atomic E-state index is 12.8. The lowest BCUT2D eigenvalue weighted by molar-refractivity contribution is -0.122. The van der Waals surface area contributed by atoms with Crippen LogP contribution in [-0.2, 0) is 22.4 Å². The van der Waals surface area contributed by atoms with Gasteiger partial charge < -0.3 is 10.2 Å². The van der Waals surface area contributed by atoms with Gasteiger partial charge in [0.05, 0.1) is 6.42 Å². The molecule has 0 saturated heterocycles. The summed E-state index contributed by atoms with van der Waals surface area (Å²) in [6.07, 6.45) is 5.54. The van der Waals surface area contributed by atoms with Crippen LogP contribution in [0.4, 0.5) is 11.4 Å². The molecular weight excluding hydrogens is 396 g/mol. The van der Waals surface area contributed by atoms with Crippen LogP contribution >= 0.6 is 0 Å². The molecule has 0 bridgehead atoms. The normalized spacial score (nSPS) is 15.6. The lowest BCUT2D eigenvalue weighted by Gasteiger charge is -2.21. The fourth-order valence-corrected chi connectivity index (χ4v) is 4.94. The first-order valence-corrected chi connectivity index (χ1v) is 11.6. The number of nitrogens with zero attached hydrogens (tertiary/aromatic N) is 1. The van der Waals surface area contributed by atoms with Gasteiger partial charge in [0.1, 0.15) is 0 Å². The zero-order valence-corrected chi connectivity index (χ0v) is 18.2. The maximum absolute atomic E-state index is 12.8. The fourth-order valence-electron chi connectivity index (χ4n) is 4.94. The fraction of sp³-hybridized carbons (Fsp3) is 0.286. The standard InChI is InChI=1S/C28H28N2O2/c31-27(18-20-10-12-22(13-11-20)21-6-2-1-3-7-21)29-25-14-15-26-24(19-25)16-17-30(26)28(32)23-8-4-5-9-23/h1-3,6-7,10-15,19,23H,4-5,8-9,16-18H2,(H,29,31). The van der Waals surface area contributed by atoms with Crippen LogP contribution in [0.2, 0.25) is 0 Å². The highest BCUT2D eigenvalue weighted by molar-refractivity contribution is 5.98. The molecule has 5 rings (SSSR count). The third kappa shape index (κ3) is 4.31. The number of carbonyl (C=O) groups is 2. The van der Waals surface area contributed by atoms with Crippen molar-refractivity contribution in [2.45, 2.75) is 38.5 Å². The van der Waals surface area contributed by atoms with E-state index in [1.807, 2.05) is 53.4 Å². The summed E-state index contributed by atoms with van der Waals surface area (Å²) in [5.74, 6) is 0.430. The van der Waals surface area contributed by atoms with Gasteiger partial charge in [0.15, 0.2) is 0 Å². The predicted molar refractivity (Wildman–Crippen MR) is 129 cm³/mol. The highest BCUT2D eigenvalue weighted by atomic mass is 16.2. The molecule has 1 aliphatic carbocycles. The quantitative estimate of drug-likeness (QED) is 0.578. The summed E-state index contributed by atoms with van der Waals surface area (Å²) in [4.78, 5) is 27.4.